The van der Waals surface area contributed by atoms with Gasteiger partial charge in [0.15, 0.2) is 0 Å². The van der Waals surface area contributed by atoms with Gasteiger partial charge in [0.2, 0.25) is 0 Å². The van der Waals surface area contributed by atoms with Crippen LogP contribution >= 0.6 is 45.2 Å². The van der Waals surface area contributed by atoms with E-state index in [1.54, 1.807) is 0 Å². The van der Waals surface area contributed by atoms with Crippen LogP contribution in [0.15, 0.2) is 24.3 Å². The number of aryl methyl sites for hydroxylation is 1. The van der Waals surface area contributed by atoms with Gasteiger partial charge in [0, 0.05) is 13.2 Å². The van der Waals surface area contributed by atoms with Crippen molar-refractivity contribution in [3.8, 4) is 0 Å². The van der Waals surface area contributed by atoms with Crippen molar-refractivity contribution < 1.29 is 4.74 Å². The molecule has 1 aromatic heterocycles. The molecule has 23 heavy (non-hydrogen) atoms. The Kier molecular flexibility index (Phi) is 5.97. The van der Waals surface area contributed by atoms with Crippen molar-refractivity contribution in [2.75, 3.05) is 27.2 Å². The third-order valence-electron chi connectivity index (χ3n) is 4.11. The molecule has 0 radical (unpaired) electrons. The van der Waals surface area contributed by atoms with E-state index in [0.29, 0.717) is 0 Å². The van der Waals surface area contributed by atoms with E-state index in [9.17, 15) is 0 Å². The summed E-state index contributed by atoms with van der Waals surface area (Å²) in [5.74, 6) is 1.05. The summed E-state index contributed by atoms with van der Waals surface area (Å²) in [6.07, 6.45) is 2.00. The third kappa shape index (κ3) is 3.91. The van der Waals surface area contributed by atoms with E-state index in [1.807, 2.05) is 0 Å². The van der Waals surface area contributed by atoms with Gasteiger partial charge in [-0.1, -0.05) is 24.3 Å². The number of aromatic nitrogens is 2. The average molecular weight is 537 g/mol. The molecule has 2 aromatic rings. The molecule has 0 amide bonds. The summed E-state index contributed by atoms with van der Waals surface area (Å²) in [4.78, 5) is 7.00. The summed E-state index contributed by atoms with van der Waals surface area (Å²) in [5.41, 5.74) is 2.65. The minimum Gasteiger partial charge on any atom is -0.365 e. The highest BCUT2D eigenvalue weighted by Crippen LogP contribution is 2.34. The minimum absolute atomic E-state index is 0.0621. The van der Waals surface area contributed by atoms with Gasteiger partial charge in [-0.2, -0.15) is 0 Å². The first-order chi connectivity index (χ1) is 11.1. The zero-order valence-electron chi connectivity index (χ0n) is 13.4. The molecule has 4 nitrogen and oxygen atoms in total. The number of ether oxygens (including phenoxy) is 1. The minimum atomic E-state index is -0.0621. The van der Waals surface area contributed by atoms with E-state index in [-0.39, 0.29) is 6.10 Å². The maximum Gasteiger partial charge on any atom is 0.144 e. The molecule has 3 rings (SSSR count). The van der Waals surface area contributed by atoms with E-state index in [1.165, 1.54) is 14.8 Å². The average Bonchev–Trinajstić information content (AvgIpc) is 2.72. The van der Waals surface area contributed by atoms with Gasteiger partial charge < -0.3 is 14.2 Å². The lowest BCUT2D eigenvalue weighted by Gasteiger charge is -2.19. The van der Waals surface area contributed by atoms with Gasteiger partial charge in [-0.05, 0) is 89.8 Å². The lowest BCUT2D eigenvalue weighted by atomic mass is 10.0. The second kappa shape index (κ2) is 7.79. The summed E-state index contributed by atoms with van der Waals surface area (Å²) in [7, 11) is 4.19. The maximum atomic E-state index is 6.32. The van der Waals surface area contributed by atoms with E-state index in [2.05, 4.69) is 93.0 Å². The molecule has 0 saturated heterocycles. The highest BCUT2D eigenvalue weighted by Gasteiger charge is 2.28. The van der Waals surface area contributed by atoms with Crippen LogP contribution in [-0.4, -0.2) is 41.7 Å². The summed E-state index contributed by atoms with van der Waals surface area (Å²) in [6.45, 7) is 2.76. The molecule has 124 valence electrons. The summed E-state index contributed by atoms with van der Waals surface area (Å²) in [5, 5.41) is 0. The van der Waals surface area contributed by atoms with E-state index >= 15 is 0 Å². The Morgan fingerprint density at radius 2 is 2.09 bits per heavy atom. The Morgan fingerprint density at radius 3 is 2.87 bits per heavy atom. The standard InChI is InChI=1S/C17H21I2N3O/c1-21(2)9-5-11-23-14-13-7-4-3-6-12(13)8-10-22-16(19)15(18)20-17(14)22/h3-4,6-7,14H,5,8-11H2,1-2H3. The molecule has 1 aliphatic heterocycles. The number of fused-ring (bicyclic) bond motifs is 2. The normalized spacial score (nSPS) is 17.0. The van der Waals surface area contributed by atoms with Crippen molar-refractivity contribution in [3.63, 3.8) is 0 Å². The van der Waals surface area contributed by atoms with Crippen LogP contribution in [0.3, 0.4) is 0 Å². The van der Waals surface area contributed by atoms with Crippen molar-refractivity contribution in [1.82, 2.24) is 14.5 Å². The van der Waals surface area contributed by atoms with Crippen molar-refractivity contribution in [1.29, 1.82) is 0 Å². The largest absolute Gasteiger partial charge is 0.365 e. The fourth-order valence-electron chi connectivity index (χ4n) is 2.97. The smallest absolute Gasteiger partial charge is 0.144 e. The molecule has 0 saturated carbocycles. The molecule has 1 unspecified atom stereocenters. The number of benzene rings is 1. The van der Waals surface area contributed by atoms with Crippen LogP contribution in [0.5, 0.6) is 0 Å². The molecule has 0 N–H and O–H groups in total. The van der Waals surface area contributed by atoms with Crippen molar-refractivity contribution in [2.45, 2.75) is 25.5 Å². The van der Waals surface area contributed by atoms with E-state index in [4.69, 9.17) is 9.72 Å². The molecule has 1 atom stereocenters. The summed E-state index contributed by atoms with van der Waals surface area (Å²) in [6, 6.07) is 8.63. The van der Waals surface area contributed by atoms with Gasteiger partial charge in [0.25, 0.3) is 0 Å². The van der Waals surface area contributed by atoms with E-state index in [0.717, 1.165) is 42.1 Å². The topological polar surface area (TPSA) is 30.3 Å². The molecule has 0 bridgehead atoms. The Bertz CT molecular complexity index is 684. The molecule has 1 aromatic carbocycles. The van der Waals surface area contributed by atoms with Gasteiger partial charge in [0.05, 0.1) is 0 Å². The molecule has 6 heteroatoms. The molecule has 0 spiro atoms. The van der Waals surface area contributed by atoms with Crippen LogP contribution in [0.4, 0.5) is 0 Å². The summed E-state index contributed by atoms with van der Waals surface area (Å²) < 4.78 is 10.9. The highest BCUT2D eigenvalue weighted by molar-refractivity contribution is 14.1. The monoisotopic (exact) mass is 537 g/mol. The van der Waals surface area contributed by atoms with Crippen molar-refractivity contribution in [3.05, 3.63) is 48.6 Å². The van der Waals surface area contributed by atoms with Gasteiger partial charge in [-0.25, -0.2) is 4.98 Å². The lowest BCUT2D eigenvalue weighted by Crippen LogP contribution is -2.17. The number of hydrogen-bond donors (Lipinski definition) is 0. The van der Waals surface area contributed by atoms with Crippen molar-refractivity contribution in [2.24, 2.45) is 0 Å². The first kappa shape index (κ1) is 17.6. The molecule has 0 fully saturated rings. The van der Waals surface area contributed by atoms with Gasteiger partial charge in [-0.3, -0.25) is 0 Å². The van der Waals surface area contributed by atoms with Crippen LogP contribution in [0.1, 0.15) is 29.5 Å². The molecular weight excluding hydrogens is 516 g/mol. The van der Waals surface area contributed by atoms with Crippen molar-refractivity contribution >= 4 is 45.2 Å². The molecular formula is C17H21I2N3O. The number of rotatable bonds is 5. The van der Waals surface area contributed by atoms with E-state index < -0.39 is 0 Å². The number of imidazole rings is 1. The van der Waals surface area contributed by atoms with Crippen LogP contribution < -0.4 is 0 Å². The predicted octanol–water partition coefficient (Wildman–Crippen LogP) is 3.71. The number of halogens is 2. The third-order valence-corrected chi connectivity index (χ3v) is 6.98. The fourth-order valence-corrected chi connectivity index (χ4v) is 4.11. The number of hydrogen-bond acceptors (Lipinski definition) is 3. The van der Waals surface area contributed by atoms with Crippen LogP contribution in [0.25, 0.3) is 0 Å². The fraction of sp³-hybridized carbons (Fsp3) is 0.471. The second-order valence-corrected chi connectivity index (χ2v) is 8.10. The molecule has 0 aliphatic carbocycles. The number of nitrogens with zero attached hydrogens (tertiary/aromatic N) is 3. The Balaban J connectivity index is 1.90. The van der Waals surface area contributed by atoms with Gasteiger partial charge in [-0.15, -0.1) is 0 Å². The zero-order chi connectivity index (χ0) is 16.4. The first-order valence-corrected chi connectivity index (χ1v) is 9.99. The van der Waals surface area contributed by atoms with Gasteiger partial charge in [0.1, 0.15) is 19.3 Å². The van der Waals surface area contributed by atoms with Crippen LogP contribution in [-0.2, 0) is 17.7 Å². The van der Waals surface area contributed by atoms with Crippen LogP contribution in [0.2, 0.25) is 0 Å². The SMILES string of the molecule is CN(C)CCCOC1c2ccccc2CCn2c1nc(I)c2I. The Hall–Kier alpha value is -0.190. The van der Waals surface area contributed by atoms with Crippen LogP contribution in [0, 0.1) is 7.40 Å². The first-order valence-electron chi connectivity index (χ1n) is 7.83. The maximum absolute atomic E-state index is 6.32. The summed E-state index contributed by atoms with van der Waals surface area (Å²) >= 11 is 4.71. The predicted molar refractivity (Wildman–Crippen MR) is 109 cm³/mol. The quantitative estimate of drug-likeness (QED) is 0.431. The molecule has 1 aliphatic rings. The van der Waals surface area contributed by atoms with Gasteiger partial charge >= 0.3 is 0 Å². The second-order valence-electron chi connectivity index (χ2n) is 6.06. The Morgan fingerprint density at radius 1 is 1.30 bits per heavy atom. The highest BCUT2D eigenvalue weighted by atomic mass is 127. The lowest BCUT2D eigenvalue weighted by molar-refractivity contribution is 0.0673. The zero-order valence-corrected chi connectivity index (χ0v) is 17.7. The molecule has 2 heterocycles. The Labute approximate surface area is 164 Å².